The number of rotatable bonds is 5. The van der Waals surface area contributed by atoms with E-state index in [2.05, 4.69) is 41.9 Å². The first-order chi connectivity index (χ1) is 9.76. The van der Waals surface area contributed by atoms with Gasteiger partial charge in [0.25, 0.3) is 0 Å². The molecule has 3 rings (SSSR count). The third kappa shape index (κ3) is 2.78. The fraction of sp³-hybridized carbons (Fsp3) is 0.471. The predicted octanol–water partition coefficient (Wildman–Crippen LogP) is 2.80. The number of benzene rings is 1. The zero-order valence-electron chi connectivity index (χ0n) is 12.4. The molecule has 1 N–H and O–H groups in total. The van der Waals surface area contributed by atoms with Crippen LogP contribution in [0, 0.1) is 0 Å². The summed E-state index contributed by atoms with van der Waals surface area (Å²) in [5, 5.41) is 7.70. The van der Waals surface area contributed by atoms with Crippen molar-refractivity contribution in [1.82, 2.24) is 15.1 Å². The van der Waals surface area contributed by atoms with Crippen LogP contribution >= 0.6 is 0 Å². The third-order valence-electron chi connectivity index (χ3n) is 4.35. The maximum Gasteiger partial charge on any atom is 0.0521 e. The van der Waals surface area contributed by atoms with Gasteiger partial charge in [-0.15, -0.1) is 0 Å². The van der Waals surface area contributed by atoms with E-state index < -0.39 is 0 Å². The maximum absolute atomic E-state index is 4.24. The van der Waals surface area contributed by atoms with Crippen molar-refractivity contribution in [3.05, 3.63) is 52.8 Å². The molecule has 3 heteroatoms. The second-order valence-corrected chi connectivity index (χ2v) is 5.78. The molecule has 0 saturated carbocycles. The van der Waals surface area contributed by atoms with E-state index in [1.54, 1.807) is 11.1 Å². The van der Waals surface area contributed by atoms with E-state index >= 15 is 0 Å². The number of aryl methyl sites for hydroxylation is 4. The Labute approximate surface area is 121 Å². The van der Waals surface area contributed by atoms with Gasteiger partial charge in [0.15, 0.2) is 0 Å². The second kappa shape index (κ2) is 5.80. The zero-order valence-corrected chi connectivity index (χ0v) is 12.4. The Balaban J connectivity index is 1.69. The molecule has 0 radical (unpaired) electrons. The number of hydrogen-bond donors (Lipinski definition) is 1. The molecule has 0 amide bonds. The van der Waals surface area contributed by atoms with Crippen LogP contribution in [0.3, 0.4) is 0 Å². The summed E-state index contributed by atoms with van der Waals surface area (Å²) in [5.41, 5.74) is 5.85. The van der Waals surface area contributed by atoms with Gasteiger partial charge in [-0.2, -0.15) is 5.10 Å². The van der Waals surface area contributed by atoms with Gasteiger partial charge in [0.05, 0.1) is 6.20 Å². The number of aromatic nitrogens is 2. The zero-order chi connectivity index (χ0) is 13.9. The Hall–Kier alpha value is -1.61. The summed E-state index contributed by atoms with van der Waals surface area (Å²) in [6.45, 7) is 0. The van der Waals surface area contributed by atoms with Crippen LogP contribution in [0.5, 0.6) is 0 Å². The number of hydrogen-bond acceptors (Lipinski definition) is 2. The van der Waals surface area contributed by atoms with Crippen LogP contribution in [-0.4, -0.2) is 16.8 Å². The molecule has 1 atom stereocenters. The van der Waals surface area contributed by atoms with Crippen LogP contribution in [0.25, 0.3) is 0 Å². The standard InChI is InChI=1S/C17H23N3/c1-18-17(9-6-13-11-19-20(2)12-13)16-8-7-14-4-3-5-15(14)10-16/h7-8,10-12,17-18H,3-6,9H2,1-2H3. The van der Waals surface area contributed by atoms with Crippen molar-refractivity contribution in [2.24, 2.45) is 7.05 Å². The van der Waals surface area contributed by atoms with E-state index in [4.69, 9.17) is 0 Å². The lowest BCUT2D eigenvalue weighted by molar-refractivity contribution is 0.548. The molecule has 1 aliphatic carbocycles. The molecule has 1 aromatic heterocycles. The summed E-state index contributed by atoms with van der Waals surface area (Å²) in [4.78, 5) is 0. The molecule has 1 aliphatic rings. The van der Waals surface area contributed by atoms with Gasteiger partial charge in [0.1, 0.15) is 0 Å². The molecule has 20 heavy (non-hydrogen) atoms. The van der Waals surface area contributed by atoms with E-state index in [9.17, 15) is 0 Å². The van der Waals surface area contributed by atoms with Gasteiger partial charge in [0, 0.05) is 19.3 Å². The lowest BCUT2D eigenvalue weighted by Crippen LogP contribution is -2.17. The van der Waals surface area contributed by atoms with E-state index in [0.29, 0.717) is 6.04 Å². The van der Waals surface area contributed by atoms with Crippen LogP contribution in [0.1, 0.15) is 41.1 Å². The lowest BCUT2D eigenvalue weighted by Gasteiger charge is -2.17. The fourth-order valence-corrected chi connectivity index (χ4v) is 3.20. The molecular formula is C17H23N3. The van der Waals surface area contributed by atoms with Gasteiger partial charge in [-0.05, 0) is 61.4 Å². The van der Waals surface area contributed by atoms with Crippen molar-refractivity contribution in [3.63, 3.8) is 0 Å². The van der Waals surface area contributed by atoms with Crippen molar-refractivity contribution < 1.29 is 0 Å². The molecule has 1 unspecified atom stereocenters. The summed E-state index contributed by atoms with van der Waals surface area (Å²) in [5.74, 6) is 0. The smallest absolute Gasteiger partial charge is 0.0521 e. The first-order valence-electron chi connectivity index (χ1n) is 7.53. The summed E-state index contributed by atoms with van der Waals surface area (Å²) >= 11 is 0. The first-order valence-corrected chi connectivity index (χ1v) is 7.53. The van der Waals surface area contributed by atoms with Crippen molar-refractivity contribution in [2.75, 3.05) is 7.05 Å². The van der Waals surface area contributed by atoms with Crippen LogP contribution in [0.4, 0.5) is 0 Å². The fourth-order valence-electron chi connectivity index (χ4n) is 3.20. The molecule has 106 valence electrons. The molecule has 3 nitrogen and oxygen atoms in total. The minimum Gasteiger partial charge on any atom is -0.313 e. The van der Waals surface area contributed by atoms with Gasteiger partial charge in [-0.3, -0.25) is 4.68 Å². The lowest BCUT2D eigenvalue weighted by atomic mass is 9.97. The van der Waals surface area contributed by atoms with Crippen LogP contribution < -0.4 is 5.32 Å². The monoisotopic (exact) mass is 269 g/mol. The SMILES string of the molecule is CNC(CCc1cnn(C)c1)c1ccc2c(c1)CCC2. The summed E-state index contributed by atoms with van der Waals surface area (Å²) in [6, 6.07) is 7.47. The molecule has 0 saturated heterocycles. The van der Waals surface area contributed by atoms with Gasteiger partial charge in [-0.1, -0.05) is 18.2 Å². The Morgan fingerprint density at radius 2 is 2.15 bits per heavy atom. The minimum absolute atomic E-state index is 0.432. The first kappa shape index (κ1) is 13.4. The molecule has 1 aromatic carbocycles. The van der Waals surface area contributed by atoms with Gasteiger partial charge < -0.3 is 5.32 Å². The highest BCUT2D eigenvalue weighted by Crippen LogP contribution is 2.27. The maximum atomic E-state index is 4.24. The quantitative estimate of drug-likeness (QED) is 0.904. The second-order valence-electron chi connectivity index (χ2n) is 5.78. The molecule has 0 spiro atoms. The van der Waals surface area contributed by atoms with Gasteiger partial charge >= 0.3 is 0 Å². The summed E-state index contributed by atoms with van der Waals surface area (Å²) in [6.07, 6.45) is 10.1. The van der Waals surface area contributed by atoms with Gasteiger partial charge in [-0.25, -0.2) is 0 Å². The topological polar surface area (TPSA) is 29.9 Å². The Kier molecular flexibility index (Phi) is 3.88. The molecule has 0 fully saturated rings. The predicted molar refractivity (Wildman–Crippen MR) is 81.8 cm³/mol. The van der Waals surface area contributed by atoms with Crippen molar-refractivity contribution >= 4 is 0 Å². The summed E-state index contributed by atoms with van der Waals surface area (Å²) < 4.78 is 1.87. The molecule has 1 heterocycles. The van der Waals surface area contributed by atoms with Gasteiger partial charge in [0.2, 0.25) is 0 Å². The molecule has 2 aromatic rings. The van der Waals surface area contributed by atoms with Crippen molar-refractivity contribution in [3.8, 4) is 0 Å². The Morgan fingerprint density at radius 1 is 1.30 bits per heavy atom. The van der Waals surface area contributed by atoms with Crippen LogP contribution in [-0.2, 0) is 26.3 Å². The summed E-state index contributed by atoms with van der Waals surface area (Å²) in [7, 11) is 4.03. The van der Waals surface area contributed by atoms with Crippen molar-refractivity contribution in [1.29, 1.82) is 0 Å². The highest BCUT2D eigenvalue weighted by atomic mass is 15.2. The van der Waals surface area contributed by atoms with E-state index in [-0.39, 0.29) is 0 Å². The average Bonchev–Trinajstić information content (AvgIpc) is 3.07. The Morgan fingerprint density at radius 3 is 2.90 bits per heavy atom. The van der Waals surface area contributed by atoms with Crippen LogP contribution in [0.2, 0.25) is 0 Å². The van der Waals surface area contributed by atoms with E-state index in [1.165, 1.54) is 30.4 Å². The van der Waals surface area contributed by atoms with Crippen molar-refractivity contribution in [2.45, 2.75) is 38.1 Å². The van der Waals surface area contributed by atoms with E-state index in [0.717, 1.165) is 12.8 Å². The highest BCUT2D eigenvalue weighted by molar-refractivity contribution is 5.36. The highest BCUT2D eigenvalue weighted by Gasteiger charge is 2.15. The number of nitrogens with zero attached hydrogens (tertiary/aromatic N) is 2. The van der Waals surface area contributed by atoms with Crippen LogP contribution in [0.15, 0.2) is 30.6 Å². The Bertz CT molecular complexity index is 586. The normalized spacial score (nSPS) is 15.3. The largest absolute Gasteiger partial charge is 0.313 e. The number of nitrogens with one attached hydrogen (secondary N) is 1. The van der Waals surface area contributed by atoms with E-state index in [1.807, 2.05) is 17.9 Å². The third-order valence-corrected chi connectivity index (χ3v) is 4.35. The number of fused-ring (bicyclic) bond motifs is 1. The average molecular weight is 269 g/mol. The molecule has 0 aliphatic heterocycles. The minimum atomic E-state index is 0.432. The molecule has 0 bridgehead atoms. The molecular weight excluding hydrogens is 246 g/mol.